The number of phenolic OH excluding ortho intramolecular Hbond substituents is 1. The Morgan fingerprint density at radius 3 is 2.70 bits per heavy atom. The van der Waals surface area contributed by atoms with Crippen LogP contribution < -0.4 is 0 Å². The van der Waals surface area contributed by atoms with Crippen molar-refractivity contribution < 1.29 is 19.4 Å². The maximum Gasteiger partial charge on any atom is 0.257 e. The van der Waals surface area contributed by atoms with E-state index in [0.29, 0.717) is 11.7 Å². The average Bonchev–Trinajstić information content (AvgIpc) is 3.06. The molecule has 0 radical (unpaired) electrons. The first-order valence-electron chi connectivity index (χ1n) is 10.1. The number of amides is 1. The summed E-state index contributed by atoms with van der Waals surface area (Å²) in [5, 5.41) is 10.1. The van der Waals surface area contributed by atoms with E-state index in [4.69, 9.17) is 9.47 Å². The lowest BCUT2D eigenvalue weighted by molar-refractivity contribution is 0.00524. The molecule has 0 aromatic heterocycles. The molecule has 1 spiro atoms. The van der Waals surface area contributed by atoms with Gasteiger partial charge in [-0.3, -0.25) is 9.69 Å². The highest BCUT2D eigenvalue weighted by molar-refractivity contribution is 5.97. The van der Waals surface area contributed by atoms with Gasteiger partial charge in [0, 0.05) is 32.7 Å². The summed E-state index contributed by atoms with van der Waals surface area (Å²) in [6.45, 7) is 8.84. The monoisotopic (exact) mass is 374 g/mol. The molecule has 1 atom stereocenters. The van der Waals surface area contributed by atoms with Gasteiger partial charge in [0.05, 0.1) is 31.5 Å². The molecule has 1 amide bonds. The van der Waals surface area contributed by atoms with Gasteiger partial charge in [-0.2, -0.15) is 0 Å². The third-order valence-corrected chi connectivity index (χ3v) is 6.35. The Bertz CT molecular complexity index is 679. The summed E-state index contributed by atoms with van der Waals surface area (Å²) in [5.41, 5.74) is 1.61. The van der Waals surface area contributed by atoms with Gasteiger partial charge in [-0.25, -0.2) is 0 Å². The quantitative estimate of drug-likeness (QED) is 0.877. The zero-order valence-corrected chi connectivity index (χ0v) is 16.2. The molecule has 1 N–H and O–H groups in total. The van der Waals surface area contributed by atoms with E-state index in [0.717, 1.165) is 77.4 Å². The summed E-state index contributed by atoms with van der Waals surface area (Å²) in [7, 11) is 0. The first-order valence-corrected chi connectivity index (χ1v) is 10.1. The number of aromatic hydroxyl groups is 1. The predicted molar refractivity (Wildman–Crippen MR) is 102 cm³/mol. The number of nitrogens with zero attached hydrogens (tertiary/aromatic N) is 2. The highest BCUT2D eigenvalue weighted by atomic mass is 16.5. The molecule has 0 bridgehead atoms. The number of carbonyl (C=O) groups excluding carboxylic acids is 1. The first kappa shape index (κ1) is 18.7. The van der Waals surface area contributed by atoms with Gasteiger partial charge in [0.25, 0.3) is 5.91 Å². The fourth-order valence-electron chi connectivity index (χ4n) is 4.61. The fraction of sp³-hybridized carbons (Fsp3) is 0.667. The van der Waals surface area contributed by atoms with Crippen molar-refractivity contribution in [1.29, 1.82) is 0 Å². The van der Waals surface area contributed by atoms with Crippen molar-refractivity contribution in [1.82, 2.24) is 9.80 Å². The van der Waals surface area contributed by atoms with Crippen LogP contribution in [-0.2, 0) is 9.47 Å². The zero-order chi connectivity index (χ0) is 18.9. The summed E-state index contributed by atoms with van der Waals surface area (Å²) in [6.07, 6.45) is 3.34. The van der Waals surface area contributed by atoms with Gasteiger partial charge in [-0.05, 0) is 43.7 Å². The molecule has 148 valence electrons. The molecule has 3 aliphatic heterocycles. The molecule has 6 heteroatoms. The average molecular weight is 374 g/mol. The molecule has 3 heterocycles. The second-order valence-corrected chi connectivity index (χ2v) is 8.36. The predicted octanol–water partition coefficient (Wildman–Crippen LogP) is 2.04. The van der Waals surface area contributed by atoms with Gasteiger partial charge >= 0.3 is 0 Å². The number of hydrogen-bond acceptors (Lipinski definition) is 5. The number of phenols is 1. The topological polar surface area (TPSA) is 62.2 Å². The molecule has 6 nitrogen and oxygen atoms in total. The van der Waals surface area contributed by atoms with Crippen LogP contribution in [0.3, 0.4) is 0 Å². The number of likely N-dealkylation sites (tertiary alicyclic amines) is 1. The van der Waals surface area contributed by atoms with E-state index in [1.165, 1.54) is 0 Å². The molecule has 3 aliphatic rings. The molecule has 1 aromatic carbocycles. The number of aryl methyl sites for hydroxylation is 1. The van der Waals surface area contributed by atoms with Gasteiger partial charge in [0.2, 0.25) is 0 Å². The Kier molecular flexibility index (Phi) is 5.39. The number of piperidine rings is 1. The largest absolute Gasteiger partial charge is 0.507 e. The van der Waals surface area contributed by atoms with Crippen molar-refractivity contribution in [3.05, 3.63) is 29.3 Å². The van der Waals surface area contributed by atoms with Crippen molar-refractivity contribution in [3.8, 4) is 5.75 Å². The Hall–Kier alpha value is -1.63. The Morgan fingerprint density at radius 2 is 1.96 bits per heavy atom. The van der Waals surface area contributed by atoms with Gasteiger partial charge in [0.15, 0.2) is 0 Å². The van der Waals surface area contributed by atoms with Crippen LogP contribution >= 0.6 is 0 Å². The molecule has 27 heavy (non-hydrogen) atoms. The number of carbonyl (C=O) groups is 1. The molecule has 0 aliphatic carbocycles. The number of ether oxygens (including phenoxy) is 2. The van der Waals surface area contributed by atoms with Crippen molar-refractivity contribution in [3.63, 3.8) is 0 Å². The van der Waals surface area contributed by atoms with Crippen LogP contribution in [0.1, 0.15) is 35.2 Å². The molecular weight excluding hydrogens is 344 g/mol. The molecule has 4 rings (SSSR count). The normalized spacial score (nSPS) is 25.8. The molecule has 0 unspecified atom stereocenters. The lowest BCUT2D eigenvalue weighted by Crippen LogP contribution is -2.44. The van der Waals surface area contributed by atoms with E-state index in [2.05, 4.69) is 4.90 Å². The number of benzene rings is 1. The first-order chi connectivity index (χ1) is 13.0. The van der Waals surface area contributed by atoms with Crippen LogP contribution in [0.15, 0.2) is 18.2 Å². The summed E-state index contributed by atoms with van der Waals surface area (Å²) < 4.78 is 11.6. The maximum atomic E-state index is 12.8. The highest BCUT2D eigenvalue weighted by Gasteiger charge is 2.43. The molecule has 3 fully saturated rings. The van der Waals surface area contributed by atoms with Crippen molar-refractivity contribution in [2.75, 3.05) is 52.5 Å². The minimum atomic E-state index is -0.0603. The van der Waals surface area contributed by atoms with Crippen molar-refractivity contribution >= 4 is 5.91 Å². The van der Waals surface area contributed by atoms with Gasteiger partial charge in [-0.15, -0.1) is 0 Å². The van der Waals surface area contributed by atoms with Gasteiger partial charge in [-0.1, -0.05) is 11.6 Å². The number of hydrogen-bond donors (Lipinski definition) is 1. The number of rotatable bonds is 3. The van der Waals surface area contributed by atoms with Crippen LogP contribution in [0, 0.1) is 12.3 Å². The van der Waals surface area contributed by atoms with E-state index < -0.39 is 0 Å². The van der Waals surface area contributed by atoms with Crippen molar-refractivity contribution in [2.24, 2.45) is 5.41 Å². The summed E-state index contributed by atoms with van der Waals surface area (Å²) in [5.74, 6) is 0.00972. The second-order valence-electron chi connectivity index (χ2n) is 8.36. The second kappa shape index (κ2) is 7.78. The number of morpholine rings is 1. The van der Waals surface area contributed by atoms with E-state index in [1.54, 1.807) is 12.1 Å². The summed E-state index contributed by atoms with van der Waals surface area (Å²) in [6, 6.07) is 5.20. The van der Waals surface area contributed by atoms with Crippen LogP contribution in [0.2, 0.25) is 0 Å². The smallest absolute Gasteiger partial charge is 0.257 e. The zero-order valence-electron chi connectivity index (χ0n) is 16.2. The third-order valence-electron chi connectivity index (χ3n) is 6.35. The van der Waals surface area contributed by atoms with Crippen LogP contribution in [-0.4, -0.2) is 79.5 Å². The Morgan fingerprint density at radius 1 is 1.22 bits per heavy atom. The lowest BCUT2D eigenvalue weighted by atomic mass is 9.76. The van der Waals surface area contributed by atoms with Gasteiger partial charge < -0.3 is 19.5 Å². The maximum absolute atomic E-state index is 12.8. The third kappa shape index (κ3) is 4.13. The van der Waals surface area contributed by atoms with Crippen molar-refractivity contribution in [2.45, 2.75) is 32.3 Å². The SMILES string of the molecule is Cc1ccc(O)c(C(=O)N2CCC3(CC2)CO[C@H](CN2CCOCC2)C3)c1. The van der Waals surface area contributed by atoms with Crippen LogP contribution in [0.25, 0.3) is 0 Å². The molecular formula is C21H30N2O4. The minimum Gasteiger partial charge on any atom is -0.507 e. The summed E-state index contributed by atoms with van der Waals surface area (Å²) >= 11 is 0. The highest BCUT2D eigenvalue weighted by Crippen LogP contribution is 2.42. The van der Waals surface area contributed by atoms with E-state index >= 15 is 0 Å². The molecule has 3 saturated heterocycles. The molecule has 0 saturated carbocycles. The van der Waals surface area contributed by atoms with E-state index in [-0.39, 0.29) is 17.1 Å². The Labute approximate surface area is 161 Å². The standard InChI is InChI=1S/C21H30N2O4/c1-16-2-3-19(24)18(12-16)20(25)23-6-4-21(5-7-23)13-17(27-15-21)14-22-8-10-26-11-9-22/h2-3,12,17,24H,4-11,13-15H2,1H3/t17-/m0/s1. The summed E-state index contributed by atoms with van der Waals surface area (Å²) in [4.78, 5) is 17.1. The van der Waals surface area contributed by atoms with E-state index in [1.807, 2.05) is 17.9 Å². The lowest BCUT2D eigenvalue weighted by Gasteiger charge is -2.38. The molecule has 1 aromatic rings. The van der Waals surface area contributed by atoms with Crippen LogP contribution in [0.4, 0.5) is 0 Å². The minimum absolute atomic E-state index is 0.0603. The van der Waals surface area contributed by atoms with E-state index in [9.17, 15) is 9.90 Å². The van der Waals surface area contributed by atoms with Crippen LogP contribution in [0.5, 0.6) is 5.75 Å². The van der Waals surface area contributed by atoms with Gasteiger partial charge in [0.1, 0.15) is 5.75 Å². The fourth-order valence-corrected chi connectivity index (χ4v) is 4.61. The Balaban J connectivity index is 1.32.